The van der Waals surface area contributed by atoms with E-state index in [1.807, 2.05) is 0 Å². The molecule has 0 aromatic heterocycles. The van der Waals surface area contributed by atoms with Crippen LogP contribution in [0.4, 0.5) is 8.78 Å². The third-order valence-corrected chi connectivity index (χ3v) is 2.59. The number of rotatable bonds is 4. The number of amidine groups is 1. The second-order valence-corrected chi connectivity index (χ2v) is 4.05. The number of nitrogens with two attached hydrogens (primary N) is 1. The van der Waals surface area contributed by atoms with E-state index < -0.39 is 11.6 Å². The van der Waals surface area contributed by atoms with Crippen molar-refractivity contribution in [3.05, 3.63) is 65.2 Å². The molecule has 0 amide bonds. The largest absolute Gasteiger partial charge is 0.486 e. The van der Waals surface area contributed by atoms with Crippen LogP contribution in [0.15, 0.2) is 47.6 Å². The molecule has 2 aromatic carbocycles. The van der Waals surface area contributed by atoms with Crippen molar-refractivity contribution < 1.29 is 18.7 Å². The average molecular weight is 278 g/mol. The molecule has 6 heteroatoms. The number of nitrogens with zero attached hydrogens (tertiary/aromatic N) is 1. The molecule has 0 radical (unpaired) electrons. The molecule has 0 aliphatic heterocycles. The van der Waals surface area contributed by atoms with Gasteiger partial charge in [-0.2, -0.15) is 0 Å². The number of hydrogen-bond acceptors (Lipinski definition) is 3. The topological polar surface area (TPSA) is 67.8 Å². The van der Waals surface area contributed by atoms with Crippen LogP contribution in [0.2, 0.25) is 0 Å². The van der Waals surface area contributed by atoms with Gasteiger partial charge in [-0.05, 0) is 35.9 Å². The van der Waals surface area contributed by atoms with Gasteiger partial charge < -0.3 is 15.7 Å². The molecule has 0 aliphatic carbocycles. The SMILES string of the molecule is N/C(=N/O)c1cc(F)cc(COc2ccccc2F)c1. The van der Waals surface area contributed by atoms with Gasteiger partial charge in [0.05, 0.1) is 0 Å². The molecule has 3 N–H and O–H groups in total. The van der Waals surface area contributed by atoms with Crippen molar-refractivity contribution in [2.24, 2.45) is 10.9 Å². The molecule has 0 bridgehead atoms. The lowest BCUT2D eigenvalue weighted by Crippen LogP contribution is -2.14. The number of oxime groups is 1. The molecule has 0 fully saturated rings. The lowest BCUT2D eigenvalue weighted by molar-refractivity contribution is 0.289. The Balaban J connectivity index is 2.18. The fourth-order valence-electron chi connectivity index (χ4n) is 1.66. The first kappa shape index (κ1) is 13.8. The highest BCUT2D eigenvalue weighted by Gasteiger charge is 2.07. The van der Waals surface area contributed by atoms with E-state index in [-0.39, 0.29) is 23.8 Å². The van der Waals surface area contributed by atoms with Gasteiger partial charge in [-0.1, -0.05) is 17.3 Å². The summed E-state index contributed by atoms with van der Waals surface area (Å²) in [6.07, 6.45) is 0. The Kier molecular flexibility index (Phi) is 4.14. The van der Waals surface area contributed by atoms with Crippen LogP contribution in [0.25, 0.3) is 0 Å². The van der Waals surface area contributed by atoms with Crippen molar-refractivity contribution in [1.29, 1.82) is 0 Å². The van der Waals surface area contributed by atoms with Gasteiger partial charge in [0, 0.05) is 5.56 Å². The van der Waals surface area contributed by atoms with Gasteiger partial charge in [-0.25, -0.2) is 8.78 Å². The fourth-order valence-corrected chi connectivity index (χ4v) is 1.66. The molecule has 0 unspecified atom stereocenters. The summed E-state index contributed by atoms with van der Waals surface area (Å²) in [7, 11) is 0. The summed E-state index contributed by atoms with van der Waals surface area (Å²) in [5, 5.41) is 11.4. The van der Waals surface area contributed by atoms with Crippen molar-refractivity contribution in [2.75, 3.05) is 0 Å². The molecular weight excluding hydrogens is 266 g/mol. The molecule has 104 valence electrons. The van der Waals surface area contributed by atoms with Gasteiger partial charge in [0.1, 0.15) is 12.4 Å². The average Bonchev–Trinajstić information content (AvgIpc) is 2.45. The monoisotopic (exact) mass is 278 g/mol. The number of halogens is 2. The summed E-state index contributed by atoms with van der Waals surface area (Å²) in [5.41, 5.74) is 6.06. The van der Waals surface area contributed by atoms with Gasteiger partial charge in [-0.15, -0.1) is 0 Å². The Morgan fingerprint density at radius 1 is 1.20 bits per heavy atom. The molecule has 0 heterocycles. The molecule has 20 heavy (non-hydrogen) atoms. The van der Waals surface area contributed by atoms with E-state index in [1.165, 1.54) is 24.3 Å². The van der Waals surface area contributed by atoms with Crippen LogP contribution < -0.4 is 10.5 Å². The third kappa shape index (κ3) is 3.23. The summed E-state index contributed by atoms with van der Waals surface area (Å²) in [4.78, 5) is 0. The van der Waals surface area contributed by atoms with Gasteiger partial charge in [0.25, 0.3) is 0 Å². The summed E-state index contributed by atoms with van der Waals surface area (Å²) in [6, 6.07) is 9.77. The summed E-state index contributed by atoms with van der Waals surface area (Å²) >= 11 is 0. The van der Waals surface area contributed by atoms with E-state index in [4.69, 9.17) is 15.7 Å². The number of para-hydroxylation sites is 1. The van der Waals surface area contributed by atoms with Crippen molar-refractivity contribution in [3.63, 3.8) is 0 Å². The molecular formula is C14H12F2N2O2. The maximum atomic E-state index is 13.4. The minimum atomic E-state index is -0.554. The van der Waals surface area contributed by atoms with Crippen LogP contribution in [-0.2, 0) is 6.61 Å². The van der Waals surface area contributed by atoms with Crippen LogP contribution in [0.5, 0.6) is 5.75 Å². The Bertz CT molecular complexity index is 645. The molecule has 0 saturated heterocycles. The third-order valence-electron chi connectivity index (χ3n) is 2.59. The van der Waals surface area contributed by atoms with Crippen LogP contribution in [0, 0.1) is 11.6 Å². The Morgan fingerprint density at radius 3 is 2.65 bits per heavy atom. The highest BCUT2D eigenvalue weighted by molar-refractivity contribution is 5.97. The molecule has 2 aromatic rings. The van der Waals surface area contributed by atoms with E-state index in [9.17, 15) is 8.78 Å². The first-order valence-corrected chi connectivity index (χ1v) is 5.75. The van der Waals surface area contributed by atoms with Gasteiger partial charge in [-0.3, -0.25) is 0 Å². The second-order valence-electron chi connectivity index (χ2n) is 4.05. The van der Waals surface area contributed by atoms with Crippen LogP contribution in [0.1, 0.15) is 11.1 Å². The minimum absolute atomic E-state index is 0.0373. The molecule has 2 rings (SSSR count). The van der Waals surface area contributed by atoms with E-state index in [0.29, 0.717) is 5.56 Å². The minimum Gasteiger partial charge on any atom is -0.486 e. The first-order chi connectivity index (χ1) is 9.60. The van der Waals surface area contributed by atoms with Crippen LogP contribution in [-0.4, -0.2) is 11.0 Å². The zero-order valence-corrected chi connectivity index (χ0v) is 10.4. The van der Waals surface area contributed by atoms with E-state index in [2.05, 4.69) is 5.16 Å². The molecule has 4 nitrogen and oxygen atoms in total. The molecule has 0 saturated carbocycles. The molecule has 0 spiro atoms. The maximum absolute atomic E-state index is 13.4. The Morgan fingerprint density at radius 2 is 1.95 bits per heavy atom. The van der Waals surface area contributed by atoms with Crippen LogP contribution >= 0.6 is 0 Å². The zero-order valence-electron chi connectivity index (χ0n) is 10.4. The lowest BCUT2D eigenvalue weighted by Gasteiger charge is -2.08. The first-order valence-electron chi connectivity index (χ1n) is 5.75. The molecule has 0 aliphatic rings. The van der Waals surface area contributed by atoms with Gasteiger partial charge in [0.15, 0.2) is 17.4 Å². The highest BCUT2D eigenvalue weighted by Crippen LogP contribution is 2.18. The van der Waals surface area contributed by atoms with E-state index >= 15 is 0 Å². The van der Waals surface area contributed by atoms with Crippen molar-refractivity contribution in [1.82, 2.24) is 0 Å². The second kappa shape index (κ2) is 6.01. The number of ether oxygens (including phenoxy) is 1. The normalized spacial score (nSPS) is 11.4. The summed E-state index contributed by atoms with van der Waals surface area (Å²) < 4.78 is 32.0. The quantitative estimate of drug-likeness (QED) is 0.391. The summed E-state index contributed by atoms with van der Waals surface area (Å²) in [6.45, 7) is -0.0373. The van der Waals surface area contributed by atoms with Crippen molar-refractivity contribution in [2.45, 2.75) is 6.61 Å². The zero-order chi connectivity index (χ0) is 14.5. The Hall–Kier alpha value is -2.63. The predicted octanol–water partition coefficient (Wildman–Crippen LogP) is 2.64. The maximum Gasteiger partial charge on any atom is 0.170 e. The lowest BCUT2D eigenvalue weighted by atomic mass is 10.1. The fraction of sp³-hybridized carbons (Fsp3) is 0.0714. The smallest absolute Gasteiger partial charge is 0.170 e. The van der Waals surface area contributed by atoms with Gasteiger partial charge >= 0.3 is 0 Å². The van der Waals surface area contributed by atoms with Gasteiger partial charge in [0.2, 0.25) is 0 Å². The molecule has 0 atom stereocenters. The predicted molar refractivity (Wildman–Crippen MR) is 69.6 cm³/mol. The number of hydrogen-bond donors (Lipinski definition) is 2. The highest BCUT2D eigenvalue weighted by atomic mass is 19.1. The standard InChI is InChI=1S/C14H12F2N2O2/c15-11-6-9(5-10(7-11)14(17)18-19)8-20-13-4-2-1-3-12(13)16/h1-7,19H,8H2,(H2,17,18). The summed E-state index contributed by atoms with van der Waals surface area (Å²) in [5.74, 6) is -1.19. The van der Waals surface area contributed by atoms with Crippen LogP contribution in [0.3, 0.4) is 0 Å². The van der Waals surface area contributed by atoms with Crippen molar-refractivity contribution >= 4 is 5.84 Å². The van der Waals surface area contributed by atoms with E-state index in [1.54, 1.807) is 12.1 Å². The number of benzene rings is 2. The Labute approximate surface area is 114 Å². The van der Waals surface area contributed by atoms with Crippen molar-refractivity contribution in [3.8, 4) is 5.75 Å². The van der Waals surface area contributed by atoms with E-state index in [0.717, 1.165) is 6.07 Å².